The van der Waals surface area contributed by atoms with Gasteiger partial charge in [-0.15, -0.1) is 0 Å². The van der Waals surface area contributed by atoms with Crippen molar-refractivity contribution >= 4 is 26.7 Å². The first-order valence-corrected chi connectivity index (χ1v) is 9.21. The molecule has 3 aromatic rings. The third-order valence-corrected chi connectivity index (χ3v) is 5.85. The smallest absolute Gasteiger partial charge is 0.269 e. The number of benzene rings is 1. The van der Waals surface area contributed by atoms with Crippen LogP contribution in [0.15, 0.2) is 59.8 Å². The lowest BCUT2D eigenvalue weighted by atomic mass is 10.3. The number of nitrogens with zero attached hydrogens (tertiary/aromatic N) is 3. The van der Waals surface area contributed by atoms with Crippen molar-refractivity contribution in [3.63, 3.8) is 0 Å². The Morgan fingerprint density at radius 1 is 1.00 bits per heavy atom. The molecule has 3 heterocycles. The van der Waals surface area contributed by atoms with E-state index in [1.54, 1.807) is 30.5 Å². The summed E-state index contributed by atoms with van der Waals surface area (Å²) in [5.41, 5.74) is 0.662. The summed E-state index contributed by atoms with van der Waals surface area (Å²) in [7, 11) is -3.66. The molecule has 24 heavy (non-hydrogen) atoms. The van der Waals surface area contributed by atoms with Gasteiger partial charge in [-0.2, -0.15) is 0 Å². The minimum Gasteiger partial charge on any atom is -0.378 e. The first kappa shape index (κ1) is 15.2. The molecule has 2 aromatic heterocycles. The van der Waals surface area contributed by atoms with Gasteiger partial charge in [0.1, 0.15) is 10.7 Å². The molecule has 1 fully saturated rings. The van der Waals surface area contributed by atoms with Crippen LogP contribution in [0.4, 0.5) is 5.82 Å². The Labute approximate surface area is 140 Å². The lowest BCUT2D eigenvalue weighted by Gasteiger charge is -2.27. The molecule has 0 saturated carbocycles. The number of ether oxygens (including phenoxy) is 1. The fraction of sp³-hybridized carbons (Fsp3) is 0.235. The summed E-state index contributed by atoms with van der Waals surface area (Å²) in [5.74, 6) is 0.773. The van der Waals surface area contributed by atoms with Crippen LogP contribution in [0.3, 0.4) is 0 Å². The molecule has 0 radical (unpaired) electrons. The Morgan fingerprint density at radius 2 is 1.79 bits per heavy atom. The van der Waals surface area contributed by atoms with Crippen molar-refractivity contribution in [2.24, 2.45) is 0 Å². The molecule has 0 aliphatic carbocycles. The lowest BCUT2D eigenvalue weighted by molar-refractivity contribution is 0.122. The SMILES string of the molecule is O=S(=O)(c1ccc(N2CCOCC2)nc1)n1ccc2ccccc21. The molecule has 4 rings (SSSR count). The molecular formula is C17H17N3O3S. The van der Waals surface area contributed by atoms with Gasteiger partial charge in [-0.25, -0.2) is 17.4 Å². The average molecular weight is 343 g/mol. The van der Waals surface area contributed by atoms with E-state index in [-0.39, 0.29) is 4.90 Å². The van der Waals surface area contributed by atoms with Gasteiger partial charge in [0.05, 0.1) is 18.7 Å². The van der Waals surface area contributed by atoms with Crippen LogP contribution in [0, 0.1) is 0 Å². The summed E-state index contributed by atoms with van der Waals surface area (Å²) in [6, 6.07) is 12.6. The summed E-state index contributed by atoms with van der Waals surface area (Å²) >= 11 is 0. The van der Waals surface area contributed by atoms with E-state index in [2.05, 4.69) is 9.88 Å². The highest BCUT2D eigenvalue weighted by molar-refractivity contribution is 7.90. The first-order chi connectivity index (χ1) is 11.7. The predicted octanol–water partition coefficient (Wildman–Crippen LogP) is 2.11. The van der Waals surface area contributed by atoms with E-state index < -0.39 is 10.0 Å². The highest BCUT2D eigenvalue weighted by atomic mass is 32.2. The van der Waals surface area contributed by atoms with E-state index in [0.717, 1.165) is 24.3 Å². The van der Waals surface area contributed by atoms with Crippen molar-refractivity contribution in [1.82, 2.24) is 8.96 Å². The molecule has 7 heteroatoms. The molecule has 1 aliphatic heterocycles. The van der Waals surface area contributed by atoms with E-state index >= 15 is 0 Å². The summed E-state index contributed by atoms with van der Waals surface area (Å²) in [6.45, 7) is 2.86. The number of para-hydroxylation sites is 1. The van der Waals surface area contributed by atoms with Gasteiger partial charge in [-0.1, -0.05) is 18.2 Å². The molecular weight excluding hydrogens is 326 g/mol. The summed E-state index contributed by atoms with van der Waals surface area (Å²) in [6.07, 6.45) is 3.00. The largest absolute Gasteiger partial charge is 0.378 e. The Hall–Kier alpha value is -2.38. The van der Waals surface area contributed by atoms with E-state index in [1.165, 1.54) is 10.2 Å². The number of morpholine rings is 1. The fourth-order valence-corrected chi connectivity index (χ4v) is 4.18. The fourth-order valence-electron chi connectivity index (χ4n) is 2.89. The summed E-state index contributed by atoms with van der Waals surface area (Å²) in [5, 5.41) is 0.888. The molecule has 0 bridgehead atoms. The number of rotatable bonds is 3. The summed E-state index contributed by atoms with van der Waals surface area (Å²) in [4.78, 5) is 6.61. The van der Waals surface area contributed by atoms with Gasteiger partial charge in [0, 0.05) is 30.9 Å². The van der Waals surface area contributed by atoms with Gasteiger partial charge in [-0.05, 0) is 24.3 Å². The Bertz CT molecular complexity index is 958. The monoisotopic (exact) mass is 343 g/mol. The second kappa shape index (κ2) is 5.92. The summed E-state index contributed by atoms with van der Waals surface area (Å²) < 4.78 is 32.4. The molecule has 124 valence electrons. The van der Waals surface area contributed by atoms with Crippen molar-refractivity contribution in [2.75, 3.05) is 31.2 Å². The van der Waals surface area contributed by atoms with Gasteiger partial charge in [0.25, 0.3) is 10.0 Å². The van der Waals surface area contributed by atoms with Crippen LogP contribution in [0.2, 0.25) is 0 Å². The lowest BCUT2D eigenvalue weighted by Crippen LogP contribution is -2.36. The molecule has 0 N–H and O–H groups in total. The topological polar surface area (TPSA) is 64.4 Å². The van der Waals surface area contributed by atoms with Crippen molar-refractivity contribution in [3.05, 3.63) is 54.9 Å². The highest BCUT2D eigenvalue weighted by Gasteiger charge is 2.20. The van der Waals surface area contributed by atoms with Crippen LogP contribution in [0.25, 0.3) is 10.9 Å². The van der Waals surface area contributed by atoms with E-state index in [1.807, 2.05) is 18.2 Å². The minimum absolute atomic E-state index is 0.181. The normalized spacial score (nSPS) is 15.8. The van der Waals surface area contributed by atoms with E-state index in [4.69, 9.17) is 4.74 Å². The predicted molar refractivity (Wildman–Crippen MR) is 91.8 cm³/mol. The van der Waals surface area contributed by atoms with Crippen LogP contribution in [0.1, 0.15) is 0 Å². The van der Waals surface area contributed by atoms with Crippen molar-refractivity contribution in [3.8, 4) is 0 Å². The Kier molecular flexibility index (Phi) is 3.74. The maximum Gasteiger partial charge on any atom is 0.269 e. The van der Waals surface area contributed by atoms with Gasteiger partial charge < -0.3 is 9.64 Å². The number of hydrogen-bond acceptors (Lipinski definition) is 5. The number of hydrogen-bond donors (Lipinski definition) is 0. The molecule has 0 amide bonds. The van der Waals surface area contributed by atoms with E-state index in [9.17, 15) is 8.42 Å². The second-order valence-corrected chi connectivity index (χ2v) is 7.44. The van der Waals surface area contributed by atoms with Gasteiger partial charge in [0.15, 0.2) is 0 Å². The molecule has 6 nitrogen and oxygen atoms in total. The van der Waals surface area contributed by atoms with E-state index in [0.29, 0.717) is 18.7 Å². The molecule has 0 atom stereocenters. The van der Waals surface area contributed by atoms with Crippen LogP contribution in [0.5, 0.6) is 0 Å². The molecule has 1 saturated heterocycles. The van der Waals surface area contributed by atoms with Gasteiger partial charge >= 0.3 is 0 Å². The van der Waals surface area contributed by atoms with Crippen LogP contribution in [-0.2, 0) is 14.8 Å². The Balaban J connectivity index is 1.69. The minimum atomic E-state index is -3.66. The van der Waals surface area contributed by atoms with Crippen LogP contribution < -0.4 is 4.90 Å². The number of anilines is 1. The van der Waals surface area contributed by atoms with Crippen LogP contribution >= 0.6 is 0 Å². The Morgan fingerprint density at radius 3 is 2.54 bits per heavy atom. The maximum atomic E-state index is 12.9. The average Bonchev–Trinajstić information content (AvgIpc) is 3.07. The zero-order chi connectivity index (χ0) is 16.6. The highest BCUT2D eigenvalue weighted by Crippen LogP contribution is 2.23. The molecule has 1 aromatic carbocycles. The molecule has 1 aliphatic rings. The molecule has 0 unspecified atom stereocenters. The first-order valence-electron chi connectivity index (χ1n) is 7.77. The third kappa shape index (κ3) is 2.55. The number of fused-ring (bicyclic) bond motifs is 1. The number of pyridine rings is 1. The van der Waals surface area contributed by atoms with Crippen molar-refractivity contribution in [2.45, 2.75) is 4.90 Å². The number of aromatic nitrogens is 2. The zero-order valence-corrected chi connectivity index (χ0v) is 13.8. The third-order valence-electron chi connectivity index (χ3n) is 4.18. The second-order valence-electron chi connectivity index (χ2n) is 5.63. The van der Waals surface area contributed by atoms with Crippen molar-refractivity contribution < 1.29 is 13.2 Å². The standard InChI is InChI=1S/C17H17N3O3S/c21-24(22,20-8-7-14-3-1-2-4-16(14)20)15-5-6-17(18-13-15)19-9-11-23-12-10-19/h1-8,13H,9-12H2. The zero-order valence-electron chi connectivity index (χ0n) is 13.0. The quantitative estimate of drug-likeness (QED) is 0.729. The van der Waals surface area contributed by atoms with Gasteiger partial charge in [-0.3, -0.25) is 0 Å². The molecule has 0 spiro atoms. The van der Waals surface area contributed by atoms with Crippen LogP contribution in [-0.4, -0.2) is 43.7 Å². The van der Waals surface area contributed by atoms with Gasteiger partial charge in [0.2, 0.25) is 0 Å². The van der Waals surface area contributed by atoms with Crippen molar-refractivity contribution in [1.29, 1.82) is 0 Å². The maximum absolute atomic E-state index is 12.9.